The number of nitrogens with two attached hydrogens (primary N) is 1. The first-order valence-corrected chi connectivity index (χ1v) is 5.10. The molecule has 0 aliphatic rings. The van der Waals surface area contributed by atoms with E-state index in [-0.39, 0.29) is 0 Å². The fraction of sp³-hybridized carbons (Fsp3) is 0.600. The normalized spacial score (nSPS) is 10.3. The lowest BCUT2D eigenvalue weighted by Gasteiger charge is -2.06. The molecule has 6 nitrogen and oxygen atoms in total. The summed E-state index contributed by atoms with van der Waals surface area (Å²) in [7, 11) is 1.67. The summed E-state index contributed by atoms with van der Waals surface area (Å²) < 4.78 is 15.5. The Morgan fingerprint density at radius 1 is 1.19 bits per heavy atom. The third-order valence-corrected chi connectivity index (χ3v) is 1.75. The third kappa shape index (κ3) is 5.47. The lowest BCUT2D eigenvalue weighted by atomic mass is 10.5. The molecule has 90 valence electrons. The van der Waals surface area contributed by atoms with Crippen molar-refractivity contribution in [2.75, 3.05) is 39.3 Å². The average Bonchev–Trinajstić information content (AvgIpc) is 2.28. The monoisotopic (exact) mass is 227 g/mol. The summed E-state index contributed by atoms with van der Waals surface area (Å²) in [6.45, 7) is 2.33. The molecule has 0 saturated heterocycles. The van der Waals surface area contributed by atoms with Crippen molar-refractivity contribution >= 4 is 5.82 Å². The summed E-state index contributed by atoms with van der Waals surface area (Å²) in [5.41, 5.74) is 5.45. The molecule has 6 heteroatoms. The van der Waals surface area contributed by atoms with Gasteiger partial charge in [-0.2, -0.15) is 4.98 Å². The number of rotatable bonds is 8. The van der Waals surface area contributed by atoms with E-state index in [2.05, 4.69) is 9.97 Å². The highest BCUT2D eigenvalue weighted by Crippen LogP contribution is 2.05. The Balaban J connectivity index is 2.03. The fourth-order valence-electron chi connectivity index (χ4n) is 1.04. The summed E-state index contributed by atoms with van der Waals surface area (Å²) in [6, 6.07) is 0. The fourth-order valence-corrected chi connectivity index (χ4v) is 1.04. The van der Waals surface area contributed by atoms with Gasteiger partial charge in [0.2, 0.25) is 5.88 Å². The molecule has 1 aromatic rings. The van der Waals surface area contributed by atoms with E-state index in [1.54, 1.807) is 7.11 Å². The highest BCUT2D eigenvalue weighted by molar-refractivity contribution is 5.25. The molecule has 0 spiro atoms. The van der Waals surface area contributed by atoms with Crippen LogP contribution in [-0.4, -0.2) is 43.5 Å². The van der Waals surface area contributed by atoms with Crippen LogP contribution in [0.25, 0.3) is 0 Å². The first-order valence-electron chi connectivity index (χ1n) is 5.10. The largest absolute Gasteiger partial charge is 0.474 e. The van der Waals surface area contributed by atoms with Crippen LogP contribution in [0.3, 0.4) is 0 Å². The molecule has 1 rings (SSSR count). The van der Waals surface area contributed by atoms with Gasteiger partial charge < -0.3 is 19.9 Å². The Morgan fingerprint density at radius 3 is 2.81 bits per heavy atom. The average molecular weight is 227 g/mol. The van der Waals surface area contributed by atoms with Crippen molar-refractivity contribution in [1.29, 1.82) is 0 Å². The first kappa shape index (κ1) is 12.7. The van der Waals surface area contributed by atoms with E-state index < -0.39 is 0 Å². The summed E-state index contributed by atoms with van der Waals surface area (Å²) in [5, 5.41) is 0. The Morgan fingerprint density at radius 2 is 2.06 bits per heavy atom. The Labute approximate surface area is 94.7 Å². The molecule has 16 heavy (non-hydrogen) atoms. The van der Waals surface area contributed by atoms with Crippen molar-refractivity contribution in [2.45, 2.75) is 6.42 Å². The number of nitrogens with zero attached hydrogens (tertiary/aromatic N) is 2. The number of ether oxygens (including phenoxy) is 3. The van der Waals surface area contributed by atoms with E-state index in [1.807, 2.05) is 0 Å². The van der Waals surface area contributed by atoms with Crippen molar-refractivity contribution in [3.63, 3.8) is 0 Å². The first-order chi connectivity index (χ1) is 7.83. The minimum absolute atomic E-state index is 0.346. The van der Waals surface area contributed by atoms with E-state index in [0.717, 1.165) is 6.42 Å². The molecular formula is C10H17N3O3. The second kappa shape index (κ2) is 7.84. The minimum atomic E-state index is 0.346. The molecule has 0 unspecified atom stereocenters. The maximum Gasteiger partial charge on any atom is 0.234 e. The number of methoxy groups -OCH3 is 1. The molecule has 1 aromatic heterocycles. The van der Waals surface area contributed by atoms with Gasteiger partial charge in [-0.15, -0.1) is 0 Å². The summed E-state index contributed by atoms with van der Waals surface area (Å²) in [6.07, 6.45) is 3.87. The second-order valence-corrected chi connectivity index (χ2v) is 3.09. The molecule has 0 fully saturated rings. The zero-order valence-electron chi connectivity index (χ0n) is 9.39. The molecular weight excluding hydrogens is 210 g/mol. The van der Waals surface area contributed by atoms with Gasteiger partial charge in [0, 0.05) is 20.3 Å². The molecule has 0 aliphatic heterocycles. The smallest absolute Gasteiger partial charge is 0.234 e. The predicted octanol–water partition coefficient (Wildman–Crippen LogP) is 0.491. The zero-order chi connectivity index (χ0) is 11.6. The van der Waals surface area contributed by atoms with Crippen molar-refractivity contribution in [2.24, 2.45) is 0 Å². The van der Waals surface area contributed by atoms with Gasteiger partial charge in [-0.1, -0.05) is 0 Å². The SMILES string of the molecule is COCCCOCCOc1cncc(N)n1. The van der Waals surface area contributed by atoms with Crippen LogP contribution in [0, 0.1) is 0 Å². The summed E-state index contributed by atoms with van der Waals surface area (Å²) in [5.74, 6) is 0.763. The number of hydrogen-bond donors (Lipinski definition) is 1. The molecule has 0 aliphatic carbocycles. The van der Waals surface area contributed by atoms with Gasteiger partial charge in [-0.3, -0.25) is 4.98 Å². The van der Waals surface area contributed by atoms with Crippen LogP contribution in [0.4, 0.5) is 5.82 Å². The number of anilines is 1. The van der Waals surface area contributed by atoms with Crippen LogP contribution in [0.15, 0.2) is 12.4 Å². The van der Waals surface area contributed by atoms with E-state index in [4.69, 9.17) is 19.9 Å². The van der Waals surface area contributed by atoms with Gasteiger partial charge in [0.25, 0.3) is 0 Å². The van der Waals surface area contributed by atoms with Crippen LogP contribution in [0.1, 0.15) is 6.42 Å². The molecule has 0 atom stereocenters. The van der Waals surface area contributed by atoms with Crippen molar-refractivity contribution in [3.05, 3.63) is 12.4 Å². The highest BCUT2D eigenvalue weighted by atomic mass is 16.5. The summed E-state index contributed by atoms with van der Waals surface area (Å²) >= 11 is 0. The van der Waals surface area contributed by atoms with Crippen LogP contribution in [0.2, 0.25) is 0 Å². The molecule has 0 radical (unpaired) electrons. The minimum Gasteiger partial charge on any atom is -0.474 e. The Hall–Kier alpha value is -1.40. The van der Waals surface area contributed by atoms with Crippen molar-refractivity contribution in [1.82, 2.24) is 9.97 Å². The highest BCUT2D eigenvalue weighted by Gasteiger charge is 1.96. The number of nitrogen functional groups attached to an aromatic ring is 1. The van der Waals surface area contributed by atoms with Gasteiger partial charge in [-0.25, -0.2) is 0 Å². The molecule has 0 amide bonds. The maximum absolute atomic E-state index is 5.45. The topological polar surface area (TPSA) is 79.5 Å². The van der Waals surface area contributed by atoms with Gasteiger partial charge in [0.05, 0.1) is 19.0 Å². The lowest BCUT2D eigenvalue weighted by Crippen LogP contribution is -2.09. The number of aromatic nitrogens is 2. The zero-order valence-corrected chi connectivity index (χ0v) is 9.39. The molecule has 0 bridgehead atoms. The molecule has 0 aromatic carbocycles. The van der Waals surface area contributed by atoms with E-state index in [0.29, 0.717) is 38.1 Å². The third-order valence-electron chi connectivity index (χ3n) is 1.75. The second-order valence-electron chi connectivity index (χ2n) is 3.09. The molecule has 1 heterocycles. The van der Waals surface area contributed by atoms with Crippen LogP contribution in [-0.2, 0) is 9.47 Å². The van der Waals surface area contributed by atoms with Gasteiger partial charge in [0.15, 0.2) is 0 Å². The maximum atomic E-state index is 5.45. The van der Waals surface area contributed by atoms with Gasteiger partial charge >= 0.3 is 0 Å². The quantitative estimate of drug-likeness (QED) is 0.651. The number of hydrogen-bond acceptors (Lipinski definition) is 6. The van der Waals surface area contributed by atoms with Gasteiger partial charge in [-0.05, 0) is 6.42 Å². The van der Waals surface area contributed by atoms with Crippen molar-refractivity contribution < 1.29 is 14.2 Å². The summed E-state index contributed by atoms with van der Waals surface area (Å²) in [4.78, 5) is 7.79. The van der Waals surface area contributed by atoms with Crippen LogP contribution in [0.5, 0.6) is 5.88 Å². The van der Waals surface area contributed by atoms with E-state index >= 15 is 0 Å². The van der Waals surface area contributed by atoms with Crippen LogP contribution >= 0.6 is 0 Å². The van der Waals surface area contributed by atoms with Crippen molar-refractivity contribution in [3.8, 4) is 5.88 Å². The lowest BCUT2D eigenvalue weighted by molar-refractivity contribution is 0.0795. The van der Waals surface area contributed by atoms with Gasteiger partial charge in [0.1, 0.15) is 12.4 Å². The predicted molar refractivity (Wildman–Crippen MR) is 59.3 cm³/mol. The van der Waals surface area contributed by atoms with E-state index in [9.17, 15) is 0 Å². The molecule has 0 saturated carbocycles. The Bertz CT molecular complexity index is 296. The van der Waals surface area contributed by atoms with Crippen LogP contribution < -0.4 is 10.5 Å². The van der Waals surface area contributed by atoms with E-state index in [1.165, 1.54) is 12.4 Å². The Kier molecular flexibility index (Phi) is 6.20. The molecule has 2 N–H and O–H groups in total. The standard InChI is InChI=1S/C10H17N3O3/c1-14-3-2-4-15-5-6-16-10-8-12-7-9(11)13-10/h7-8H,2-6H2,1H3,(H2,11,13).